The second kappa shape index (κ2) is 25.0. The Kier molecular flexibility index (Phi) is 32.9. The predicted molar refractivity (Wildman–Crippen MR) is 72.1 cm³/mol. The molecule has 0 fully saturated rings. The Labute approximate surface area is 230 Å². The maximum absolute atomic E-state index is 11.3. The van der Waals surface area contributed by atoms with E-state index in [1.807, 2.05) is 0 Å². The van der Waals surface area contributed by atoms with Crippen LogP contribution in [0.1, 0.15) is 0 Å². The number of aliphatic hydroxyl groups excluding tert-OH is 3. The number of carbonyl (C=O) groups is 3. The van der Waals surface area contributed by atoms with Gasteiger partial charge in [-0.05, 0) is 0 Å². The molecule has 12 nitrogen and oxygen atoms in total. The molecule has 149 valence electrons. The van der Waals surface area contributed by atoms with Crippen molar-refractivity contribution in [3.63, 3.8) is 0 Å². The Hall–Kier alpha value is 1.00. The summed E-state index contributed by atoms with van der Waals surface area (Å²) < 4.78 is 27.2. The van der Waals surface area contributed by atoms with Gasteiger partial charge in [0.05, 0.1) is 19.8 Å². The van der Waals surface area contributed by atoms with E-state index in [4.69, 9.17) is 20.1 Å². The molecule has 0 bridgehead atoms. The molecular formula is C12H20O12Y3. The second-order valence-corrected chi connectivity index (χ2v) is 3.83. The van der Waals surface area contributed by atoms with Crippen molar-refractivity contribution in [3.8, 4) is 0 Å². The number of aliphatic hydroxyl groups is 3. The van der Waals surface area contributed by atoms with Crippen molar-refractivity contribution in [2.75, 3.05) is 52.9 Å². The van der Waals surface area contributed by atoms with Crippen LogP contribution in [0.3, 0.4) is 0 Å². The molecule has 0 aromatic heterocycles. The van der Waals surface area contributed by atoms with Crippen LogP contribution in [0, 0.1) is 0 Å². The number of ether oxygens (including phenoxy) is 6. The van der Waals surface area contributed by atoms with Crippen molar-refractivity contribution >= 4 is 18.5 Å². The standard InChI is InChI=1S/C12H20O12.3Y/c13-1-4-19-10(16)22-7-9(24-12(18)21-6-3-15)8-23-11(17)20-5-2-14;;;/h9,13-15H,1-8H2;;;. The summed E-state index contributed by atoms with van der Waals surface area (Å²) in [5, 5.41) is 25.5. The summed E-state index contributed by atoms with van der Waals surface area (Å²) in [7, 11) is 0. The van der Waals surface area contributed by atoms with Crippen LogP contribution in [-0.4, -0.2) is 92.7 Å². The fourth-order valence-electron chi connectivity index (χ4n) is 1.08. The zero-order valence-corrected chi connectivity index (χ0v) is 23.0. The first-order valence-electron chi connectivity index (χ1n) is 6.78. The first-order valence-corrected chi connectivity index (χ1v) is 6.78. The molecule has 0 atom stereocenters. The van der Waals surface area contributed by atoms with Crippen LogP contribution in [0.25, 0.3) is 0 Å². The van der Waals surface area contributed by atoms with Crippen LogP contribution >= 0.6 is 0 Å². The number of rotatable bonds is 11. The predicted octanol–water partition coefficient (Wildman–Crippen LogP) is -1.22. The average Bonchev–Trinajstić information content (AvgIpc) is 2.58. The van der Waals surface area contributed by atoms with Crippen LogP contribution in [0.4, 0.5) is 14.4 Å². The Morgan fingerprint density at radius 2 is 0.926 bits per heavy atom. The molecular weight excluding hydrogens is 603 g/mol. The smallest absolute Gasteiger partial charge is 0.432 e. The summed E-state index contributed by atoms with van der Waals surface area (Å²) in [5.74, 6) is 0. The molecule has 0 amide bonds. The van der Waals surface area contributed by atoms with Crippen LogP contribution in [-0.2, 0) is 127 Å². The molecule has 0 saturated carbocycles. The molecule has 0 aromatic carbocycles. The first kappa shape index (κ1) is 35.4. The number of carbonyl (C=O) groups excluding carboxylic acids is 3. The minimum Gasteiger partial charge on any atom is -0.432 e. The maximum atomic E-state index is 11.3. The van der Waals surface area contributed by atoms with Gasteiger partial charge in [-0.15, -0.1) is 0 Å². The van der Waals surface area contributed by atoms with Gasteiger partial charge in [0.15, 0.2) is 6.10 Å². The van der Waals surface area contributed by atoms with Crippen molar-refractivity contribution in [3.05, 3.63) is 0 Å². The molecule has 0 rings (SSSR count). The molecule has 15 heteroatoms. The Balaban J connectivity index is -0.000000882. The summed E-state index contributed by atoms with van der Waals surface area (Å²) in [6.45, 7) is -3.18. The van der Waals surface area contributed by atoms with E-state index in [-0.39, 0.29) is 118 Å². The first-order chi connectivity index (χ1) is 11.5. The molecule has 0 heterocycles. The van der Waals surface area contributed by atoms with Crippen LogP contribution in [0.15, 0.2) is 0 Å². The number of hydrogen-bond acceptors (Lipinski definition) is 12. The molecule has 0 aromatic rings. The Morgan fingerprint density at radius 3 is 1.26 bits per heavy atom. The second-order valence-electron chi connectivity index (χ2n) is 3.83. The Bertz CT molecular complexity index is 361. The van der Waals surface area contributed by atoms with Crippen molar-refractivity contribution in [2.24, 2.45) is 0 Å². The van der Waals surface area contributed by atoms with Gasteiger partial charge in [-0.25, -0.2) is 14.4 Å². The minimum atomic E-state index is -1.24. The van der Waals surface area contributed by atoms with Crippen LogP contribution in [0.5, 0.6) is 0 Å². The van der Waals surface area contributed by atoms with Gasteiger partial charge >= 0.3 is 18.5 Å². The van der Waals surface area contributed by atoms with Crippen molar-refractivity contribution in [1.82, 2.24) is 0 Å². The molecule has 0 spiro atoms. The summed E-state index contributed by atoms with van der Waals surface area (Å²) in [6.07, 6.45) is -4.69. The molecule has 0 aliphatic heterocycles. The molecule has 3 radical (unpaired) electrons. The SMILES string of the molecule is O=C(OCCO)OCC(COC(=O)OCCO)OC(=O)OCCO.[Y].[Y].[Y]. The number of hydrogen-bond donors (Lipinski definition) is 3. The largest absolute Gasteiger partial charge is 0.508 e. The van der Waals surface area contributed by atoms with E-state index in [0.29, 0.717) is 0 Å². The summed E-state index contributed by atoms with van der Waals surface area (Å²) in [4.78, 5) is 33.5. The normalized spacial score (nSPS) is 8.89. The van der Waals surface area contributed by atoms with Crippen LogP contribution in [0.2, 0.25) is 0 Å². The van der Waals surface area contributed by atoms with Crippen molar-refractivity contribution in [2.45, 2.75) is 6.10 Å². The summed E-state index contributed by atoms with van der Waals surface area (Å²) >= 11 is 0. The van der Waals surface area contributed by atoms with Gasteiger partial charge in [-0.3, -0.25) is 0 Å². The van der Waals surface area contributed by atoms with E-state index < -0.39 is 57.6 Å². The Morgan fingerprint density at radius 1 is 0.593 bits per heavy atom. The van der Waals surface area contributed by atoms with Gasteiger partial charge in [0, 0.05) is 98.1 Å². The van der Waals surface area contributed by atoms with E-state index in [1.54, 1.807) is 0 Å². The zero-order chi connectivity index (χ0) is 18.2. The van der Waals surface area contributed by atoms with E-state index in [1.165, 1.54) is 0 Å². The van der Waals surface area contributed by atoms with Gasteiger partial charge in [-0.1, -0.05) is 0 Å². The van der Waals surface area contributed by atoms with Gasteiger partial charge in [-0.2, -0.15) is 0 Å². The van der Waals surface area contributed by atoms with Gasteiger partial charge in [0.2, 0.25) is 0 Å². The fourth-order valence-corrected chi connectivity index (χ4v) is 1.08. The van der Waals surface area contributed by atoms with Crippen molar-refractivity contribution < 1.29 is 156 Å². The maximum Gasteiger partial charge on any atom is 0.508 e. The third-order valence-corrected chi connectivity index (χ3v) is 1.97. The average molecular weight is 623 g/mol. The topological polar surface area (TPSA) is 167 Å². The van der Waals surface area contributed by atoms with E-state index in [2.05, 4.69) is 23.7 Å². The molecule has 0 unspecified atom stereocenters. The van der Waals surface area contributed by atoms with E-state index in [9.17, 15) is 14.4 Å². The van der Waals surface area contributed by atoms with E-state index >= 15 is 0 Å². The molecule has 0 aliphatic carbocycles. The zero-order valence-electron chi connectivity index (χ0n) is 14.5. The van der Waals surface area contributed by atoms with Gasteiger partial charge < -0.3 is 43.7 Å². The quantitative estimate of drug-likeness (QED) is 0.186. The summed E-state index contributed by atoms with van der Waals surface area (Å²) in [6, 6.07) is 0. The van der Waals surface area contributed by atoms with Crippen LogP contribution < -0.4 is 0 Å². The molecule has 27 heavy (non-hydrogen) atoms. The third kappa shape index (κ3) is 23.1. The molecule has 0 saturated heterocycles. The fraction of sp³-hybridized carbons (Fsp3) is 0.750. The van der Waals surface area contributed by atoms with Crippen molar-refractivity contribution in [1.29, 1.82) is 0 Å². The minimum absolute atomic E-state index is 0. The van der Waals surface area contributed by atoms with Gasteiger partial charge in [0.25, 0.3) is 0 Å². The van der Waals surface area contributed by atoms with E-state index in [0.717, 1.165) is 0 Å². The molecule has 0 aliphatic rings. The molecule has 3 N–H and O–H groups in total. The third-order valence-electron chi connectivity index (χ3n) is 1.97. The summed E-state index contributed by atoms with van der Waals surface area (Å²) in [5.41, 5.74) is 0. The van der Waals surface area contributed by atoms with Gasteiger partial charge in [0.1, 0.15) is 33.0 Å². The monoisotopic (exact) mass is 623 g/mol.